The lowest BCUT2D eigenvalue weighted by atomic mass is 10.1. The average Bonchev–Trinajstić information content (AvgIpc) is 2.31. The van der Waals surface area contributed by atoms with Crippen molar-refractivity contribution < 1.29 is 12.8 Å². The topological polar surface area (TPSA) is 46.2 Å². The Kier molecular flexibility index (Phi) is 4.46. The van der Waals surface area contributed by atoms with Crippen LogP contribution in [0.15, 0.2) is 35.2 Å². The fourth-order valence-corrected chi connectivity index (χ4v) is 4.01. The first-order chi connectivity index (χ1) is 9.70. The minimum absolute atomic E-state index is 0.0277. The van der Waals surface area contributed by atoms with Crippen molar-refractivity contribution in [3.05, 3.63) is 57.3 Å². The molecule has 3 nitrogen and oxygen atoms in total. The van der Waals surface area contributed by atoms with Gasteiger partial charge in [-0.05, 0) is 55.3 Å². The van der Waals surface area contributed by atoms with Crippen molar-refractivity contribution >= 4 is 38.9 Å². The highest BCUT2D eigenvalue weighted by molar-refractivity contribution is 7.92. The van der Waals surface area contributed by atoms with E-state index < -0.39 is 15.8 Å². The number of hydrogen-bond donors (Lipinski definition) is 1. The van der Waals surface area contributed by atoms with E-state index in [1.165, 1.54) is 38.1 Å². The van der Waals surface area contributed by atoms with Crippen molar-refractivity contribution in [2.24, 2.45) is 0 Å². The van der Waals surface area contributed by atoms with Crippen LogP contribution in [0.3, 0.4) is 0 Å². The van der Waals surface area contributed by atoms with Crippen LogP contribution < -0.4 is 4.72 Å². The fraction of sp³-hybridized carbons (Fsp3) is 0.143. The Bertz CT molecular complexity index is 784. The van der Waals surface area contributed by atoms with Crippen molar-refractivity contribution in [3.8, 4) is 0 Å². The lowest BCUT2D eigenvalue weighted by Crippen LogP contribution is -2.16. The largest absolute Gasteiger partial charge is 0.278 e. The number of halogens is 3. The van der Waals surface area contributed by atoms with Gasteiger partial charge in [-0.25, -0.2) is 12.8 Å². The van der Waals surface area contributed by atoms with Crippen LogP contribution >= 0.6 is 23.2 Å². The highest BCUT2D eigenvalue weighted by atomic mass is 35.5. The predicted octanol–water partition coefficient (Wildman–Crippen LogP) is 4.55. The second-order valence-corrected chi connectivity index (χ2v) is 7.06. The number of rotatable bonds is 3. The van der Waals surface area contributed by atoms with Crippen LogP contribution in [0.25, 0.3) is 0 Å². The molecule has 0 unspecified atom stereocenters. The first-order valence-corrected chi connectivity index (χ1v) is 8.19. The molecule has 112 valence electrons. The molecule has 21 heavy (non-hydrogen) atoms. The summed E-state index contributed by atoms with van der Waals surface area (Å²) < 4.78 is 40.6. The summed E-state index contributed by atoms with van der Waals surface area (Å²) in [6.45, 7) is 3.06. The van der Waals surface area contributed by atoms with Crippen molar-refractivity contribution in [3.63, 3.8) is 0 Å². The van der Waals surface area contributed by atoms with E-state index in [1.807, 2.05) is 0 Å². The smallest absolute Gasteiger partial charge is 0.262 e. The van der Waals surface area contributed by atoms with Crippen LogP contribution in [0.5, 0.6) is 0 Å². The third kappa shape index (κ3) is 3.48. The third-order valence-corrected chi connectivity index (χ3v) is 5.10. The fourth-order valence-electron chi connectivity index (χ4n) is 2.09. The molecule has 0 aliphatic heterocycles. The van der Waals surface area contributed by atoms with Gasteiger partial charge in [0.05, 0.1) is 15.6 Å². The number of benzene rings is 2. The molecule has 0 atom stereocenters. The molecule has 2 rings (SSSR count). The standard InChI is InChI=1S/C14H12Cl2FNO2S/c1-8-5-11(17)6-9(2)14(8)21(19,20)18-13-7-10(15)3-4-12(13)16/h3-7,18H,1-2H3. The SMILES string of the molecule is Cc1cc(F)cc(C)c1S(=O)(=O)Nc1cc(Cl)ccc1Cl. The first-order valence-electron chi connectivity index (χ1n) is 5.95. The van der Waals surface area contributed by atoms with Crippen molar-refractivity contribution in [2.45, 2.75) is 18.7 Å². The summed E-state index contributed by atoms with van der Waals surface area (Å²) in [6, 6.07) is 6.79. The normalized spacial score (nSPS) is 11.5. The molecule has 2 aromatic rings. The Morgan fingerprint density at radius 2 is 1.62 bits per heavy atom. The number of sulfonamides is 1. The summed E-state index contributed by atoms with van der Waals surface area (Å²) in [5.41, 5.74) is 0.809. The molecule has 0 saturated carbocycles. The molecule has 7 heteroatoms. The van der Waals surface area contributed by atoms with Gasteiger partial charge in [-0.2, -0.15) is 0 Å². The van der Waals surface area contributed by atoms with Gasteiger partial charge in [0.15, 0.2) is 0 Å². The number of aryl methyl sites for hydroxylation is 2. The Balaban J connectivity index is 2.51. The maximum absolute atomic E-state index is 13.3. The quantitative estimate of drug-likeness (QED) is 0.885. The summed E-state index contributed by atoms with van der Waals surface area (Å²) in [6.07, 6.45) is 0. The minimum atomic E-state index is -3.89. The zero-order chi connectivity index (χ0) is 15.8. The molecular formula is C14H12Cl2FNO2S. The molecule has 0 heterocycles. The summed E-state index contributed by atoms with van der Waals surface area (Å²) in [5.74, 6) is -0.482. The summed E-state index contributed by atoms with van der Waals surface area (Å²) in [5, 5.41) is 0.574. The second-order valence-electron chi connectivity index (χ2n) is 4.60. The average molecular weight is 348 g/mol. The summed E-state index contributed by atoms with van der Waals surface area (Å²) in [4.78, 5) is 0.0277. The molecular weight excluding hydrogens is 336 g/mol. The minimum Gasteiger partial charge on any atom is -0.278 e. The van der Waals surface area contributed by atoms with E-state index in [0.29, 0.717) is 16.1 Å². The van der Waals surface area contributed by atoms with Gasteiger partial charge in [0.25, 0.3) is 10.0 Å². The van der Waals surface area contributed by atoms with Crippen LogP contribution in [0, 0.1) is 19.7 Å². The van der Waals surface area contributed by atoms with Crippen LogP contribution in [-0.4, -0.2) is 8.42 Å². The zero-order valence-electron chi connectivity index (χ0n) is 11.2. The van der Waals surface area contributed by atoms with Crippen LogP contribution in [0.2, 0.25) is 10.0 Å². The third-order valence-electron chi connectivity index (χ3n) is 2.87. The van der Waals surface area contributed by atoms with Crippen molar-refractivity contribution in [1.82, 2.24) is 0 Å². The zero-order valence-corrected chi connectivity index (χ0v) is 13.6. The van der Waals surface area contributed by atoms with E-state index in [0.717, 1.165) is 0 Å². The molecule has 1 N–H and O–H groups in total. The van der Waals surface area contributed by atoms with E-state index >= 15 is 0 Å². The maximum atomic E-state index is 13.3. The lowest BCUT2D eigenvalue weighted by molar-refractivity contribution is 0.597. The van der Waals surface area contributed by atoms with Gasteiger partial charge in [-0.1, -0.05) is 23.2 Å². The molecule has 0 radical (unpaired) electrons. The number of anilines is 1. The molecule has 0 spiro atoms. The predicted molar refractivity (Wildman–Crippen MR) is 83.1 cm³/mol. The van der Waals surface area contributed by atoms with Gasteiger partial charge in [0.2, 0.25) is 0 Å². The van der Waals surface area contributed by atoms with Crippen molar-refractivity contribution in [2.75, 3.05) is 4.72 Å². The van der Waals surface area contributed by atoms with Gasteiger partial charge in [0, 0.05) is 5.02 Å². The van der Waals surface area contributed by atoms with E-state index in [1.54, 1.807) is 6.07 Å². The molecule has 2 aromatic carbocycles. The summed E-state index contributed by atoms with van der Waals surface area (Å²) >= 11 is 11.8. The Morgan fingerprint density at radius 1 is 1.05 bits per heavy atom. The summed E-state index contributed by atoms with van der Waals surface area (Å²) in [7, 11) is -3.89. The monoisotopic (exact) mass is 347 g/mol. The van der Waals surface area contributed by atoms with E-state index in [-0.39, 0.29) is 15.6 Å². The van der Waals surface area contributed by atoms with Crippen LogP contribution in [0.4, 0.5) is 10.1 Å². The van der Waals surface area contributed by atoms with Crippen LogP contribution in [-0.2, 0) is 10.0 Å². The van der Waals surface area contributed by atoms with Gasteiger partial charge < -0.3 is 0 Å². The Labute approximate surface area is 132 Å². The van der Waals surface area contributed by atoms with E-state index in [4.69, 9.17) is 23.2 Å². The molecule has 0 aliphatic carbocycles. The first kappa shape index (κ1) is 16.1. The van der Waals surface area contributed by atoms with Gasteiger partial charge in [-0.3, -0.25) is 4.72 Å². The second kappa shape index (κ2) is 5.83. The highest BCUT2D eigenvalue weighted by Crippen LogP contribution is 2.29. The van der Waals surface area contributed by atoms with Gasteiger partial charge >= 0.3 is 0 Å². The Hall–Kier alpha value is -1.30. The van der Waals surface area contributed by atoms with Gasteiger partial charge in [-0.15, -0.1) is 0 Å². The Morgan fingerprint density at radius 3 is 2.19 bits per heavy atom. The van der Waals surface area contributed by atoms with Crippen molar-refractivity contribution in [1.29, 1.82) is 0 Å². The molecule has 0 amide bonds. The molecule has 0 aliphatic rings. The lowest BCUT2D eigenvalue weighted by Gasteiger charge is -2.14. The molecule has 0 fully saturated rings. The van der Waals surface area contributed by atoms with E-state index in [9.17, 15) is 12.8 Å². The highest BCUT2D eigenvalue weighted by Gasteiger charge is 2.21. The molecule has 0 aromatic heterocycles. The van der Waals surface area contributed by atoms with E-state index in [2.05, 4.69) is 4.72 Å². The number of hydrogen-bond acceptors (Lipinski definition) is 2. The van der Waals surface area contributed by atoms with Crippen LogP contribution in [0.1, 0.15) is 11.1 Å². The van der Waals surface area contributed by atoms with Gasteiger partial charge in [0.1, 0.15) is 5.82 Å². The number of nitrogens with one attached hydrogen (secondary N) is 1. The molecule has 0 saturated heterocycles. The maximum Gasteiger partial charge on any atom is 0.262 e. The molecule has 0 bridgehead atoms.